The molecule has 8 nitrogen and oxygen atoms in total. The molecule has 1 aromatic heterocycles. The monoisotopic (exact) mass is 316 g/mol. The first kappa shape index (κ1) is 15.9. The van der Waals surface area contributed by atoms with Gasteiger partial charge in [0, 0.05) is 13.1 Å². The summed E-state index contributed by atoms with van der Waals surface area (Å²) in [5.41, 5.74) is -0.0760. The summed E-state index contributed by atoms with van der Waals surface area (Å²) in [6.45, 7) is 3.99. The molecule has 1 saturated heterocycles. The highest BCUT2D eigenvalue weighted by atomic mass is 32.2. The fourth-order valence-electron chi connectivity index (χ4n) is 2.33. The van der Waals surface area contributed by atoms with Crippen LogP contribution in [-0.2, 0) is 14.8 Å². The molecule has 1 aliphatic rings. The number of hydrogen-bond acceptors (Lipinski definition) is 6. The van der Waals surface area contributed by atoms with Gasteiger partial charge in [-0.15, -0.1) is 0 Å². The van der Waals surface area contributed by atoms with E-state index in [2.05, 4.69) is 19.8 Å². The molecule has 0 aromatic carbocycles. The Morgan fingerprint density at radius 3 is 3.00 bits per heavy atom. The summed E-state index contributed by atoms with van der Waals surface area (Å²) in [7, 11) is -1.80. The molecule has 2 rings (SSSR count). The predicted octanol–water partition coefficient (Wildman–Crippen LogP) is -0.184. The maximum absolute atomic E-state index is 12.3. The number of sulfonamides is 1. The van der Waals surface area contributed by atoms with Crippen LogP contribution < -0.4 is 4.72 Å². The van der Waals surface area contributed by atoms with E-state index in [-0.39, 0.29) is 23.1 Å². The van der Waals surface area contributed by atoms with E-state index in [0.29, 0.717) is 6.54 Å². The van der Waals surface area contributed by atoms with Gasteiger partial charge in [0.15, 0.2) is 5.03 Å². The number of carbonyl (C=O) groups is 1. The Morgan fingerprint density at radius 2 is 2.38 bits per heavy atom. The highest BCUT2D eigenvalue weighted by Gasteiger charge is 2.27. The lowest BCUT2D eigenvalue weighted by molar-refractivity contribution is 0.0522. The summed E-state index contributed by atoms with van der Waals surface area (Å²) in [6, 6.07) is 0. The molecule has 21 heavy (non-hydrogen) atoms. The predicted molar refractivity (Wildman–Crippen MR) is 75.3 cm³/mol. The number of esters is 1. The smallest absolute Gasteiger partial charge is 0.342 e. The van der Waals surface area contributed by atoms with Crippen LogP contribution >= 0.6 is 0 Å². The molecule has 1 fully saturated rings. The van der Waals surface area contributed by atoms with E-state index in [0.717, 1.165) is 25.7 Å². The van der Waals surface area contributed by atoms with Crippen molar-refractivity contribution in [2.75, 3.05) is 33.3 Å². The lowest BCUT2D eigenvalue weighted by atomic mass is 10.1. The number of aromatic nitrogens is 2. The number of nitrogens with one attached hydrogen (secondary N) is 2. The second-order valence-corrected chi connectivity index (χ2v) is 6.81. The van der Waals surface area contributed by atoms with Gasteiger partial charge in [0.2, 0.25) is 0 Å². The highest BCUT2D eigenvalue weighted by molar-refractivity contribution is 7.89. The normalized spacial score (nSPS) is 19.8. The van der Waals surface area contributed by atoms with E-state index in [1.807, 2.05) is 7.05 Å². The first-order chi connectivity index (χ1) is 9.94. The average Bonchev–Trinajstić information content (AvgIpc) is 3.05. The van der Waals surface area contributed by atoms with Crippen molar-refractivity contribution in [2.24, 2.45) is 5.92 Å². The molecule has 2 N–H and O–H groups in total. The zero-order valence-corrected chi connectivity index (χ0v) is 12.9. The van der Waals surface area contributed by atoms with E-state index < -0.39 is 16.0 Å². The van der Waals surface area contributed by atoms with Gasteiger partial charge >= 0.3 is 5.97 Å². The Labute approximate surface area is 123 Å². The summed E-state index contributed by atoms with van der Waals surface area (Å²) < 4.78 is 31.9. The molecule has 1 aliphatic heterocycles. The van der Waals surface area contributed by atoms with E-state index in [4.69, 9.17) is 4.74 Å². The van der Waals surface area contributed by atoms with Gasteiger partial charge in [0.25, 0.3) is 10.0 Å². The van der Waals surface area contributed by atoms with Gasteiger partial charge in [-0.05, 0) is 32.9 Å². The van der Waals surface area contributed by atoms with Crippen LogP contribution in [0.1, 0.15) is 23.7 Å². The lowest BCUT2D eigenvalue weighted by Gasteiger charge is -2.12. The molecule has 9 heteroatoms. The van der Waals surface area contributed by atoms with Crippen molar-refractivity contribution >= 4 is 16.0 Å². The molecular weight excluding hydrogens is 296 g/mol. The highest BCUT2D eigenvalue weighted by Crippen LogP contribution is 2.16. The van der Waals surface area contributed by atoms with Gasteiger partial charge in [-0.25, -0.2) is 17.9 Å². The van der Waals surface area contributed by atoms with Gasteiger partial charge in [0.05, 0.1) is 12.8 Å². The fraction of sp³-hybridized carbons (Fsp3) is 0.667. The van der Waals surface area contributed by atoms with E-state index in [1.165, 1.54) is 0 Å². The van der Waals surface area contributed by atoms with Gasteiger partial charge in [-0.1, -0.05) is 0 Å². The van der Waals surface area contributed by atoms with Crippen molar-refractivity contribution in [2.45, 2.75) is 18.4 Å². The number of nitrogens with zero attached hydrogens (tertiary/aromatic N) is 2. The minimum Gasteiger partial charge on any atom is -0.462 e. The molecule has 0 radical (unpaired) electrons. The van der Waals surface area contributed by atoms with Crippen LogP contribution in [0.15, 0.2) is 11.2 Å². The van der Waals surface area contributed by atoms with Crippen LogP contribution in [0.5, 0.6) is 0 Å². The van der Waals surface area contributed by atoms with Crippen molar-refractivity contribution in [1.82, 2.24) is 19.8 Å². The molecule has 0 aliphatic carbocycles. The number of ether oxygens (including phenoxy) is 1. The molecule has 118 valence electrons. The van der Waals surface area contributed by atoms with E-state index in [9.17, 15) is 13.2 Å². The van der Waals surface area contributed by atoms with Gasteiger partial charge < -0.3 is 9.64 Å². The minimum atomic E-state index is -3.80. The van der Waals surface area contributed by atoms with Crippen molar-refractivity contribution in [3.8, 4) is 0 Å². The number of rotatable bonds is 6. The number of H-pyrrole nitrogens is 1. The topological polar surface area (TPSA) is 104 Å². The third-order valence-electron chi connectivity index (χ3n) is 3.42. The third kappa shape index (κ3) is 3.80. The van der Waals surface area contributed by atoms with Gasteiger partial charge in [-0.3, -0.25) is 5.10 Å². The molecule has 1 atom stereocenters. The third-order valence-corrected chi connectivity index (χ3v) is 4.81. The van der Waals surface area contributed by atoms with E-state index >= 15 is 0 Å². The molecule has 0 spiro atoms. The molecule has 1 unspecified atom stereocenters. The van der Waals surface area contributed by atoms with Crippen molar-refractivity contribution in [3.05, 3.63) is 11.8 Å². The summed E-state index contributed by atoms with van der Waals surface area (Å²) in [4.78, 5) is 13.8. The van der Waals surface area contributed by atoms with Crippen LogP contribution in [0.25, 0.3) is 0 Å². The molecule has 0 bridgehead atoms. The number of aromatic amines is 1. The first-order valence-electron chi connectivity index (χ1n) is 6.82. The van der Waals surface area contributed by atoms with Crippen LogP contribution in [0.4, 0.5) is 0 Å². The summed E-state index contributed by atoms with van der Waals surface area (Å²) in [6.07, 6.45) is 2.11. The zero-order valence-electron chi connectivity index (χ0n) is 12.1. The Balaban J connectivity index is 2.06. The molecule has 0 amide bonds. The maximum atomic E-state index is 12.3. The van der Waals surface area contributed by atoms with Gasteiger partial charge in [0.1, 0.15) is 5.56 Å². The standard InChI is InChI=1S/C12H20N4O4S/c1-3-20-12(17)10-7-13-15-11(10)21(18,19)14-6-9-4-5-16(2)8-9/h7,9,14H,3-6,8H2,1-2H3,(H,13,15). The van der Waals surface area contributed by atoms with Crippen molar-refractivity contribution in [3.63, 3.8) is 0 Å². The quantitative estimate of drug-likeness (QED) is 0.705. The Hall–Kier alpha value is -1.45. The minimum absolute atomic E-state index is 0.0760. The number of carbonyl (C=O) groups excluding carboxylic acids is 1. The molecule has 2 heterocycles. The second-order valence-electron chi connectivity index (χ2n) is 5.10. The molecule has 1 aromatic rings. The van der Waals surface area contributed by atoms with Crippen LogP contribution in [0, 0.1) is 5.92 Å². The van der Waals surface area contributed by atoms with Crippen molar-refractivity contribution < 1.29 is 17.9 Å². The van der Waals surface area contributed by atoms with Crippen LogP contribution in [0.3, 0.4) is 0 Å². The van der Waals surface area contributed by atoms with Crippen molar-refractivity contribution in [1.29, 1.82) is 0 Å². The van der Waals surface area contributed by atoms with Crippen LogP contribution in [0.2, 0.25) is 0 Å². The number of hydrogen-bond donors (Lipinski definition) is 2. The Kier molecular flexibility index (Phi) is 4.96. The molecule has 0 saturated carbocycles. The lowest BCUT2D eigenvalue weighted by Crippen LogP contribution is -2.31. The molecular formula is C12H20N4O4S. The zero-order chi connectivity index (χ0) is 15.5. The van der Waals surface area contributed by atoms with E-state index in [1.54, 1.807) is 6.92 Å². The Bertz CT molecular complexity index is 598. The summed E-state index contributed by atoms with van der Waals surface area (Å²) in [5, 5.41) is 5.74. The fourth-order valence-corrected chi connectivity index (χ4v) is 3.52. The SMILES string of the molecule is CCOC(=O)c1cn[nH]c1S(=O)(=O)NCC1CCN(C)C1. The Morgan fingerprint density at radius 1 is 1.62 bits per heavy atom. The maximum Gasteiger partial charge on any atom is 0.342 e. The first-order valence-corrected chi connectivity index (χ1v) is 8.31. The number of likely N-dealkylation sites (tertiary alicyclic amines) is 1. The summed E-state index contributed by atoms with van der Waals surface area (Å²) >= 11 is 0. The van der Waals surface area contributed by atoms with Crippen LogP contribution in [-0.4, -0.2) is 62.8 Å². The second kappa shape index (κ2) is 6.54. The summed E-state index contributed by atoms with van der Waals surface area (Å²) in [5.74, 6) is -0.425. The van der Waals surface area contributed by atoms with Gasteiger partial charge in [-0.2, -0.15) is 5.10 Å². The largest absolute Gasteiger partial charge is 0.462 e. The average molecular weight is 316 g/mol.